The normalized spacial score (nSPS) is 11.3. The molecular weight excluding hydrogens is 318 g/mol. The topological polar surface area (TPSA) is 92.7 Å². The molecule has 2 N–H and O–H groups in total. The van der Waals surface area contributed by atoms with E-state index in [1.54, 1.807) is 6.08 Å². The van der Waals surface area contributed by atoms with Gasteiger partial charge in [-0.05, 0) is 24.6 Å². The Morgan fingerprint density at radius 3 is 2.71 bits per heavy atom. The van der Waals surface area contributed by atoms with E-state index in [-0.39, 0.29) is 28.6 Å². The molecule has 0 heterocycles. The van der Waals surface area contributed by atoms with Gasteiger partial charge >= 0.3 is 5.97 Å². The molecule has 8 heteroatoms. The van der Waals surface area contributed by atoms with Gasteiger partial charge < -0.3 is 9.84 Å². The van der Waals surface area contributed by atoms with Crippen LogP contribution in [-0.2, 0) is 14.8 Å². The summed E-state index contributed by atoms with van der Waals surface area (Å²) in [5.41, 5.74) is -0.150. The molecule has 1 aromatic carbocycles. The van der Waals surface area contributed by atoms with E-state index in [4.69, 9.17) is 21.4 Å². The zero-order chi connectivity index (χ0) is 15.9. The standard InChI is InChI=1S/C13H16ClNO5S/c1-2-3-7-20-8-6-15-21(18,19)10-4-5-11(13(16)17)12(14)9-10/h2,4-5,9,15H,1,3,6-8H2,(H,16,17). The molecule has 21 heavy (non-hydrogen) atoms. The predicted molar refractivity (Wildman–Crippen MR) is 79.2 cm³/mol. The number of carbonyl (C=O) groups is 1. The first kappa shape index (κ1) is 17.6. The van der Waals surface area contributed by atoms with Crippen LogP contribution in [0.4, 0.5) is 0 Å². The van der Waals surface area contributed by atoms with Gasteiger partial charge in [0.15, 0.2) is 0 Å². The molecule has 0 atom stereocenters. The minimum absolute atomic E-state index is 0.0939. The van der Waals surface area contributed by atoms with Crippen molar-refractivity contribution < 1.29 is 23.1 Å². The SMILES string of the molecule is C=CCCOCCNS(=O)(=O)c1ccc(C(=O)O)c(Cl)c1. The van der Waals surface area contributed by atoms with Gasteiger partial charge in [-0.25, -0.2) is 17.9 Å². The maximum Gasteiger partial charge on any atom is 0.337 e. The summed E-state index contributed by atoms with van der Waals surface area (Å²) in [6.07, 6.45) is 2.40. The number of carboxylic acids is 1. The fourth-order valence-corrected chi connectivity index (χ4v) is 2.80. The van der Waals surface area contributed by atoms with Gasteiger partial charge in [0.2, 0.25) is 10.0 Å². The van der Waals surface area contributed by atoms with Crippen LogP contribution < -0.4 is 4.72 Å². The first-order valence-electron chi connectivity index (χ1n) is 6.09. The van der Waals surface area contributed by atoms with Gasteiger partial charge in [0, 0.05) is 6.54 Å². The molecular formula is C13H16ClNO5S. The zero-order valence-corrected chi connectivity index (χ0v) is 12.8. The molecule has 0 amide bonds. The number of carboxylic acid groups (broad SMARTS) is 1. The predicted octanol–water partition coefficient (Wildman–Crippen LogP) is 1.91. The Labute approximate surface area is 128 Å². The number of hydrogen-bond acceptors (Lipinski definition) is 4. The van der Waals surface area contributed by atoms with E-state index < -0.39 is 16.0 Å². The van der Waals surface area contributed by atoms with Crippen LogP contribution in [-0.4, -0.2) is 39.3 Å². The van der Waals surface area contributed by atoms with Crippen molar-refractivity contribution in [3.05, 3.63) is 41.4 Å². The van der Waals surface area contributed by atoms with Crippen LogP contribution in [0.2, 0.25) is 5.02 Å². The van der Waals surface area contributed by atoms with Gasteiger partial charge in [-0.15, -0.1) is 6.58 Å². The molecule has 1 aromatic rings. The molecule has 0 spiro atoms. The summed E-state index contributed by atoms with van der Waals surface area (Å²) < 4.78 is 31.5. The zero-order valence-electron chi connectivity index (χ0n) is 11.2. The van der Waals surface area contributed by atoms with Crippen molar-refractivity contribution in [3.8, 4) is 0 Å². The Kier molecular flexibility index (Phi) is 6.83. The number of hydrogen-bond donors (Lipinski definition) is 2. The molecule has 0 fully saturated rings. The number of rotatable bonds is 9. The van der Waals surface area contributed by atoms with E-state index in [1.165, 1.54) is 6.07 Å². The highest BCUT2D eigenvalue weighted by molar-refractivity contribution is 7.89. The van der Waals surface area contributed by atoms with Crippen molar-refractivity contribution in [1.29, 1.82) is 0 Å². The second-order valence-electron chi connectivity index (χ2n) is 4.03. The Hall–Kier alpha value is -1.41. The third-order valence-electron chi connectivity index (χ3n) is 2.49. The Morgan fingerprint density at radius 1 is 1.43 bits per heavy atom. The quantitative estimate of drug-likeness (QED) is 0.532. The molecule has 6 nitrogen and oxygen atoms in total. The number of benzene rings is 1. The van der Waals surface area contributed by atoms with E-state index in [0.29, 0.717) is 13.0 Å². The summed E-state index contributed by atoms with van der Waals surface area (Å²) in [5, 5.41) is 8.70. The number of halogens is 1. The summed E-state index contributed by atoms with van der Waals surface area (Å²) in [4.78, 5) is 10.7. The Balaban J connectivity index is 2.64. The fourth-order valence-electron chi connectivity index (χ4n) is 1.44. The van der Waals surface area contributed by atoms with Crippen molar-refractivity contribution in [3.63, 3.8) is 0 Å². The average molecular weight is 334 g/mol. The lowest BCUT2D eigenvalue weighted by Crippen LogP contribution is -2.27. The molecule has 116 valence electrons. The van der Waals surface area contributed by atoms with Crippen LogP contribution in [0.15, 0.2) is 35.7 Å². The third-order valence-corrected chi connectivity index (χ3v) is 4.26. The van der Waals surface area contributed by atoms with Gasteiger partial charge in [0.25, 0.3) is 0 Å². The molecule has 0 saturated heterocycles. The first-order chi connectivity index (χ1) is 9.88. The summed E-state index contributed by atoms with van der Waals surface area (Å²) in [5.74, 6) is -1.22. The van der Waals surface area contributed by atoms with Gasteiger partial charge in [-0.3, -0.25) is 0 Å². The van der Waals surface area contributed by atoms with Gasteiger partial charge in [0.1, 0.15) is 0 Å². The summed E-state index contributed by atoms with van der Waals surface area (Å²) in [7, 11) is -3.75. The van der Waals surface area contributed by atoms with Crippen molar-refractivity contribution in [2.45, 2.75) is 11.3 Å². The smallest absolute Gasteiger partial charge is 0.337 e. The second-order valence-corrected chi connectivity index (χ2v) is 6.21. The van der Waals surface area contributed by atoms with E-state index in [2.05, 4.69) is 11.3 Å². The number of aromatic carboxylic acids is 1. The highest BCUT2D eigenvalue weighted by Crippen LogP contribution is 2.20. The van der Waals surface area contributed by atoms with Crippen molar-refractivity contribution >= 4 is 27.6 Å². The molecule has 0 bridgehead atoms. The van der Waals surface area contributed by atoms with Crippen LogP contribution in [0.3, 0.4) is 0 Å². The Bertz CT molecular complexity index is 615. The van der Waals surface area contributed by atoms with Gasteiger partial charge in [-0.2, -0.15) is 0 Å². The highest BCUT2D eigenvalue weighted by atomic mass is 35.5. The van der Waals surface area contributed by atoms with Gasteiger partial charge in [0.05, 0.1) is 28.7 Å². The third kappa shape index (κ3) is 5.47. The monoisotopic (exact) mass is 333 g/mol. The molecule has 0 aliphatic carbocycles. The van der Waals surface area contributed by atoms with Crippen molar-refractivity contribution in [1.82, 2.24) is 4.72 Å². The number of ether oxygens (including phenoxy) is 1. The lowest BCUT2D eigenvalue weighted by atomic mass is 10.2. The fraction of sp³-hybridized carbons (Fsp3) is 0.308. The largest absolute Gasteiger partial charge is 0.478 e. The first-order valence-corrected chi connectivity index (χ1v) is 7.95. The average Bonchev–Trinajstić information content (AvgIpc) is 2.42. The molecule has 0 unspecified atom stereocenters. The molecule has 0 radical (unpaired) electrons. The van der Waals surface area contributed by atoms with Crippen molar-refractivity contribution in [2.75, 3.05) is 19.8 Å². The number of nitrogens with one attached hydrogen (secondary N) is 1. The second kappa shape index (κ2) is 8.14. The van der Waals surface area contributed by atoms with E-state index in [1.807, 2.05) is 0 Å². The maximum absolute atomic E-state index is 12.0. The Morgan fingerprint density at radius 2 is 2.14 bits per heavy atom. The molecule has 0 aliphatic rings. The number of sulfonamides is 1. The van der Waals surface area contributed by atoms with Crippen LogP contribution in [0.5, 0.6) is 0 Å². The summed E-state index contributed by atoms with van der Waals surface area (Å²) >= 11 is 5.74. The molecule has 0 saturated carbocycles. The van der Waals surface area contributed by atoms with E-state index in [0.717, 1.165) is 12.1 Å². The van der Waals surface area contributed by atoms with Crippen molar-refractivity contribution in [2.24, 2.45) is 0 Å². The van der Waals surface area contributed by atoms with Crippen LogP contribution in [0, 0.1) is 0 Å². The molecule has 0 aromatic heterocycles. The summed E-state index contributed by atoms with van der Waals surface area (Å²) in [6.45, 7) is 4.35. The van der Waals surface area contributed by atoms with Gasteiger partial charge in [-0.1, -0.05) is 17.7 Å². The minimum Gasteiger partial charge on any atom is -0.478 e. The lowest BCUT2D eigenvalue weighted by molar-refractivity contribution is 0.0697. The van der Waals surface area contributed by atoms with Crippen LogP contribution in [0.1, 0.15) is 16.8 Å². The maximum atomic E-state index is 12.0. The summed E-state index contributed by atoms with van der Waals surface area (Å²) in [6, 6.07) is 3.45. The lowest BCUT2D eigenvalue weighted by Gasteiger charge is -2.08. The van der Waals surface area contributed by atoms with Crippen LogP contribution >= 0.6 is 11.6 Å². The molecule has 0 aliphatic heterocycles. The molecule has 1 rings (SSSR count). The highest BCUT2D eigenvalue weighted by Gasteiger charge is 2.17. The van der Waals surface area contributed by atoms with Crippen LogP contribution in [0.25, 0.3) is 0 Å². The minimum atomic E-state index is -3.75. The van der Waals surface area contributed by atoms with E-state index >= 15 is 0 Å². The van der Waals surface area contributed by atoms with E-state index in [9.17, 15) is 13.2 Å².